The van der Waals surface area contributed by atoms with Crippen LogP contribution in [0.25, 0.3) is 0 Å². The lowest BCUT2D eigenvalue weighted by Gasteiger charge is -2.03. The summed E-state index contributed by atoms with van der Waals surface area (Å²) in [5.74, 6) is -0.235. The van der Waals surface area contributed by atoms with E-state index in [2.05, 4.69) is 0 Å². The maximum absolute atomic E-state index is 12.9. The van der Waals surface area contributed by atoms with E-state index >= 15 is 0 Å². The number of benzene rings is 2. The van der Waals surface area contributed by atoms with Crippen molar-refractivity contribution in [2.75, 3.05) is 0 Å². The van der Waals surface area contributed by atoms with Gasteiger partial charge >= 0.3 is 7.48 Å². The second-order valence-corrected chi connectivity index (χ2v) is 3.47. The first-order chi connectivity index (χ1) is 7.84. The molecule has 0 atom stereocenters. The molecule has 0 bridgehead atoms. The zero-order valence-electron chi connectivity index (χ0n) is 9.77. The Bertz CT molecular complexity index is 451. The molecule has 5 heteroatoms. The molecule has 0 aliphatic carbocycles. The topological polar surface area (TPSA) is 72.2 Å². The van der Waals surface area contributed by atoms with Gasteiger partial charge < -0.3 is 15.6 Å². The van der Waals surface area contributed by atoms with Crippen LogP contribution in [0.5, 0.6) is 0 Å². The highest BCUT2D eigenvalue weighted by Gasteiger charge is 1.98. The van der Waals surface area contributed by atoms with Crippen LogP contribution in [0.15, 0.2) is 54.6 Å². The average Bonchev–Trinajstić information content (AvgIpc) is 2.30. The third kappa shape index (κ3) is 5.10. The molecule has 0 aliphatic heterocycles. The molecule has 95 valence electrons. The van der Waals surface area contributed by atoms with E-state index in [0.29, 0.717) is 6.61 Å². The Labute approximate surface area is 106 Å². The van der Waals surface area contributed by atoms with Crippen LogP contribution in [-0.4, -0.2) is 18.4 Å². The Morgan fingerprint density at radius 3 is 2.33 bits per heavy atom. The van der Waals surface area contributed by atoms with Gasteiger partial charge in [-0.15, -0.1) is 0 Å². The lowest BCUT2D eigenvalue weighted by atomic mass is 9.88. The lowest BCUT2D eigenvalue weighted by molar-refractivity contribution is 0.330. The number of hydrogen-bond acceptors (Lipinski definition) is 1. The van der Waals surface area contributed by atoms with Crippen LogP contribution in [0, 0.1) is 5.82 Å². The van der Waals surface area contributed by atoms with Crippen molar-refractivity contribution in [2.24, 2.45) is 0 Å². The molecule has 0 saturated carbocycles. The van der Waals surface area contributed by atoms with E-state index in [-0.39, 0.29) is 16.8 Å². The summed E-state index contributed by atoms with van der Waals surface area (Å²) in [5, 5.41) is 0. The van der Waals surface area contributed by atoms with Crippen molar-refractivity contribution in [1.29, 1.82) is 0 Å². The Morgan fingerprint density at radius 2 is 1.67 bits per heavy atom. The highest BCUT2D eigenvalue weighted by atomic mass is 19.1. The summed E-state index contributed by atoms with van der Waals surface area (Å²) in [6.45, 7) is 0.382. The van der Waals surface area contributed by atoms with Crippen molar-refractivity contribution in [3.63, 3.8) is 0 Å². The molecule has 3 nitrogen and oxygen atoms in total. The summed E-state index contributed by atoms with van der Waals surface area (Å²) in [4.78, 5) is 0. The van der Waals surface area contributed by atoms with Crippen LogP contribution in [-0.2, 0) is 11.3 Å². The minimum atomic E-state index is -0.235. The standard InChI is InChI=1S/C13H11BFO.2H2O/c15-13-8-4-5-11(9-13)10-16-14-12-6-2-1-3-7-12;;/h1-9H,10H2;2*1H2. The normalized spacial score (nSPS) is 8.94. The van der Waals surface area contributed by atoms with Gasteiger partial charge in [0.25, 0.3) is 0 Å². The molecule has 0 aromatic heterocycles. The largest absolute Gasteiger partial charge is 0.430 e. The number of rotatable bonds is 4. The molecule has 0 heterocycles. The summed E-state index contributed by atoms with van der Waals surface area (Å²) >= 11 is 0. The fraction of sp³-hybridized carbons (Fsp3) is 0.0769. The van der Waals surface area contributed by atoms with E-state index in [1.54, 1.807) is 13.5 Å². The van der Waals surface area contributed by atoms with Gasteiger partial charge in [-0.1, -0.05) is 47.9 Å². The summed E-state index contributed by atoms with van der Waals surface area (Å²) in [6.07, 6.45) is 0. The molecule has 0 spiro atoms. The third-order valence-electron chi connectivity index (χ3n) is 2.16. The molecule has 0 fully saturated rings. The van der Waals surface area contributed by atoms with Gasteiger partial charge in [0.05, 0.1) is 6.61 Å². The Kier molecular flexibility index (Phi) is 7.62. The van der Waals surface area contributed by atoms with Gasteiger partial charge in [-0.05, 0) is 17.7 Å². The second kappa shape index (κ2) is 8.41. The van der Waals surface area contributed by atoms with Crippen LogP contribution < -0.4 is 5.46 Å². The molecule has 2 aromatic rings. The Balaban J connectivity index is 0.00000144. The molecule has 0 saturated heterocycles. The SMILES string of the molecule is Fc1cccc(CO[B]c2ccccc2)c1.O.O. The van der Waals surface area contributed by atoms with Crippen LogP contribution in [0.2, 0.25) is 0 Å². The van der Waals surface area contributed by atoms with Crippen molar-refractivity contribution in [3.05, 3.63) is 66.0 Å². The predicted molar refractivity (Wildman–Crippen MR) is 70.2 cm³/mol. The summed E-state index contributed by atoms with van der Waals surface area (Å²) in [5.41, 5.74) is 1.83. The second-order valence-electron chi connectivity index (χ2n) is 3.47. The van der Waals surface area contributed by atoms with Gasteiger partial charge in [0.2, 0.25) is 0 Å². The monoisotopic (exact) mass is 249 g/mol. The van der Waals surface area contributed by atoms with Crippen molar-refractivity contribution < 1.29 is 20.0 Å². The molecule has 4 N–H and O–H groups in total. The van der Waals surface area contributed by atoms with E-state index in [0.717, 1.165) is 11.0 Å². The van der Waals surface area contributed by atoms with Crippen LogP contribution in [0.1, 0.15) is 5.56 Å². The van der Waals surface area contributed by atoms with E-state index in [9.17, 15) is 4.39 Å². The zero-order chi connectivity index (χ0) is 11.2. The quantitative estimate of drug-likeness (QED) is 0.732. The molecule has 0 aliphatic rings. The molecule has 0 amide bonds. The van der Waals surface area contributed by atoms with E-state index in [1.807, 2.05) is 36.4 Å². The average molecular weight is 249 g/mol. The van der Waals surface area contributed by atoms with Crippen LogP contribution in [0.3, 0.4) is 0 Å². The predicted octanol–water partition coefficient (Wildman–Crippen LogP) is 0.638. The van der Waals surface area contributed by atoms with E-state index < -0.39 is 0 Å². The highest BCUT2D eigenvalue weighted by molar-refractivity contribution is 6.46. The van der Waals surface area contributed by atoms with Crippen molar-refractivity contribution in [3.8, 4) is 0 Å². The van der Waals surface area contributed by atoms with Crippen molar-refractivity contribution in [1.82, 2.24) is 0 Å². The maximum Gasteiger partial charge on any atom is 0.330 e. The summed E-state index contributed by atoms with van der Waals surface area (Å²) in [6, 6.07) is 16.1. The lowest BCUT2D eigenvalue weighted by Crippen LogP contribution is -2.16. The highest BCUT2D eigenvalue weighted by Crippen LogP contribution is 2.04. The molecule has 2 aromatic carbocycles. The van der Waals surface area contributed by atoms with Gasteiger partial charge in [-0.3, -0.25) is 0 Å². The molecular weight excluding hydrogens is 234 g/mol. The Hall–Kier alpha value is -1.69. The zero-order valence-corrected chi connectivity index (χ0v) is 9.77. The molecular formula is C13H15BFO3. The number of hydrogen-bond donors (Lipinski definition) is 0. The van der Waals surface area contributed by atoms with Gasteiger partial charge in [-0.25, -0.2) is 4.39 Å². The van der Waals surface area contributed by atoms with Gasteiger partial charge in [-0.2, -0.15) is 0 Å². The van der Waals surface area contributed by atoms with Gasteiger partial charge in [0, 0.05) is 0 Å². The van der Waals surface area contributed by atoms with Crippen molar-refractivity contribution in [2.45, 2.75) is 6.61 Å². The maximum atomic E-state index is 12.9. The minimum Gasteiger partial charge on any atom is -0.430 e. The van der Waals surface area contributed by atoms with E-state index in [4.69, 9.17) is 4.65 Å². The number of halogens is 1. The fourth-order valence-corrected chi connectivity index (χ4v) is 1.39. The Morgan fingerprint density at radius 1 is 0.944 bits per heavy atom. The molecule has 1 radical (unpaired) electrons. The summed E-state index contributed by atoms with van der Waals surface area (Å²) in [7, 11) is 1.67. The smallest absolute Gasteiger partial charge is 0.330 e. The summed E-state index contributed by atoms with van der Waals surface area (Å²) < 4.78 is 18.2. The molecule has 18 heavy (non-hydrogen) atoms. The third-order valence-corrected chi connectivity index (χ3v) is 2.16. The van der Waals surface area contributed by atoms with Crippen molar-refractivity contribution >= 4 is 12.9 Å². The fourth-order valence-electron chi connectivity index (χ4n) is 1.39. The van der Waals surface area contributed by atoms with E-state index in [1.165, 1.54) is 12.1 Å². The molecule has 0 unspecified atom stereocenters. The first-order valence-electron chi connectivity index (χ1n) is 5.09. The van der Waals surface area contributed by atoms with Gasteiger partial charge in [0.15, 0.2) is 0 Å². The first kappa shape index (κ1) is 16.3. The van der Waals surface area contributed by atoms with Gasteiger partial charge in [0.1, 0.15) is 5.82 Å². The van der Waals surface area contributed by atoms with Crippen LogP contribution >= 0.6 is 0 Å². The first-order valence-corrected chi connectivity index (χ1v) is 5.09. The minimum absolute atomic E-state index is 0. The van der Waals surface area contributed by atoms with Crippen LogP contribution in [0.4, 0.5) is 4.39 Å². The molecule has 2 rings (SSSR count).